The summed E-state index contributed by atoms with van der Waals surface area (Å²) in [6, 6.07) is 27.4. The molecule has 0 aliphatic carbocycles. The third kappa shape index (κ3) is 3.88. The zero-order chi connectivity index (χ0) is 26.6. The summed E-state index contributed by atoms with van der Waals surface area (Å²) in [5, 5.41) is 20.6. The molecule has 10 heteroatoms. The number of rotatable bonds is 4. The maximum absolute atomic E-state index is 12.9. The molecule has 2 unspecified atom stereocenters. The van der Waals surface area contributed by atoms with E-state index in [-0.39, 0.29) is 17.0 Å². The van der Waals surface area contributed by atoms with E-state index in [1.165, 1.54) is 12.1 Å². The number of furan rings is 1. The standard InChI is InChI=1S/C29H20N4O5S/c34-28-30-29(27(39-28)16-21-14-15-25(37-21)19-10-12-20(13-11-19)33(35)36)32-24(22-8-4-5-9-26(22)38-29)17-23(31-32)18-6-2-1-3-7-18/h1-16,24H,17H2,(H,30,34). The minimum Gasteiger partial charge on any atom is -0.457 e. The van der Waals surface area contributed by atoms with Crippen molar-refractivity contribution in [2.24, 2.45) is 5.10 Å². The van der Waals surface area contributed by atoms with Crippen molar-refractivity contribution in [2.75, 3.05) is 0 Å². The van der Waals surface area contributed by atoms with Crippen LogP contribution in [0.25, 0.3) is 17.4 Å². The van der Waals surface area contributed by atoms with Crippen LogP contribution in [0.2, 0.25) is 0 Å². The van der Waals surface area contributed by atoms with Crippen LogP contribution >= 0.6 is 11.8 Å². The fourth-order valence-corrected chi connectivity index (χ4v) is 6.02. The van der Waals surface area contributed by atoms with Gasteiger partial charge in [0.25, 0.3) is 10.9 Å². The Labute approximate surface area is 226 Å². The number of ether oxygens (including phenoxy) is 1. The van der Waals surface area contributed by atoms with Gasteiger partial charge in [0.2, 0.25) is 0 Å². The Balaban J connectivity index is 1.29. The summed E-state index contributed by atoms with van der Waals surface area (Å²) in [5.74, 6) is 0.402. The summed E-state index contributed by atoms with van der Waals surface area (Å²) in [4.78, 5) is 24.0. The van der Waals surface area contributed by atoms with Crippen LogP contribution in [0.15, 0.2) is 105 Å². The Hall–Kier alpha value is -4.83. The van der Waals surface area contributed by atoms with Gasteiger partial charge in [-0.3, -0.25) is 20.2 Å². The maximum atomic E-state index is 12.9. The van der Waals surface area contributed by atoms with E-state index in [1.54, 1.807) is 30.3 Å². The molecule has 3 aliphatic rings. The first-order valence-corrected chi connectivity index (χ1v) is 13.1. The lowest BCUT2D eigenvalue weighted by molar-refractivity contribution is -0.384. The van der Waals surface area contributed by atoms with Gasteiger partial charge in [-0.15, -0.1) is 0 Å². The Kier molecular flexibility index (Phi) is 5.31. The van der Waals surface area contributed by atoms with Crippen molar-refractivity contribution in [2.45, 2.75) is 18.3 Å². The molecule has 0 bridgehead atoms. The number of nitro groups is 1. The molecule has 3 aliphatic heterocycles. The van der Waals surface area contributed by atoms with E-state index in [0.29, 0.717) is 34.2 Å². The number of hydrogen-bond donors (Lipinski definition) is 1. The lowest BCUT2D eigenvalue weighted by atomic mass is 9.96. The monoisotopic (exact) mass is 536 g/mol. The van der Waals surface area contributed by atoms with E-state index >= 15 is 0 Å². The number of carbonyl (C=O) groups excluding carboxylic acids is 1. The number of amides is 1. The predicted octanol–water partition coefficient (Wildman–Crippen LogP) is 6.55. The number of para-hydroxylation sites is 1. The fraction of sp³-hybridized carbons (Fsp3) is 0.103. The second kappa shape index (κ2) is 8.88. The van der Waals surface area contributed by atoms with Crippen LogP contribution in [0.4, 0.5) is 10.5 Å². The van der Waals surface area contributed by atoms with Crippen LogP contribution in [0.3, 0.4) is 0 Å². The van der Waals surface area contributed by atoms with Crippen LogP contribution in [0, 0.1) is 10.1 Å². The minimum absolute atomic E-state index is 0.00635. The molecular weight excluding hydrogens is 516 g/mol. The van der Waals surface area contributed by atoms with Gasteiger partial charge >= 0.3 is 5.85 Å². The molecule has 1 saturated heterocycles. The number of nitrogens with zero attached hydrogens (tertiary/aromatic N) is 3. The molecule has 0 radical (unpaired) electrons. The highest BCUT2D eigenvalue weighted by Gasteiger charge is 2.58. The van der Waals surface area contributed by atoms with Gasteiger partial charge in [-0.05, 0) is 53.7 Å². The van der Waals surface area contributed by atoms with Crippen LogP contribution < -0.4 is 10.1 Å². The van der Waals surface area contributed by atoms with Gasteiger partial charge in [0, 0.05) is 29.7 Å². The van der Waals surface area contributed by atoms with Crippen molar-refractivity contribution in [3.05, 3.63) is 123 Å². The lowest BCUT2D eigenvalue weighted by Gasteiger charge is -2.44. The molecule has 2 atom stereocenters. The number of carbonyl (C=O) groups is 1. The van der Waals surface area contributed by atoms with E-state index < -0.39 is 10.8 Å². The number of hydrogen-bond acceptors (Lipinski definition) is 8. The van der Waals surface area contributed by atoms with Gasteiger partial charge in [-0.1, -0.05) is 48.5 Å². The molecule has 1 fully saturated rings. The second-order valence-electron chi connectivity index (χ2n) is 9.29. The zero-order valence-electron chi connectivity index (χ0n) is 20.3. The number of hydrazone groups is 1. The Morgan fingerprint density at radius 3 is 2.56 bits per heavy atom. The summed E-state index contributed by atoms with van der Waals surface area (Å²) in [6.45, 7) is 0. The molecule has 0 saturated carbocycles. The highest BCUT2D eigenvalue weighted by atomic mass is 32.2. The molecule has 4 heterocycles. The first-order valence-electron chi connectivity index (χ1n) is 12.3. The van der Waals surface area contributed by atoms with Crippen molar-refractivity contribution in [3.8, 4) is 17.1 Å². The number of thioether (sulfide) groups is 1. The van der Waals surface area contributed by atoms with Gasteiger partial charge in [-0.25, -0.2) is 5.01 Å². The van der Waals surface area contributed by atoms with E-state index in [1.807, 2.05) is 59.6 Å². The average Bonchev–Trinajstić information content (AvgIpc) is 3.68. The van der Waals surface area contributed by atoms with Crippen molar-refractivity contribution in [3.63, 3.8) is 0 Å². The van der Waals surface area contributed by atoms with Crippen molar-refractivity contribution >= 4 is 34.5 Å². The molecule has 1 N–H and O–H groups in total. The van der Waals surface area contributed by atoms with Gasteiger partial charge in [0.05, 0.1) is 21.6 Å². The van der Waals surface area contributed by atoms with Crippen LogP contribution in [-0.4, -0.2) is 26.7 Å². The van der Waals surface area contributed by atoms with Crippen LogP contribution in [0.5, 0.6) is 5.75 Å². The summed E-state index contributed by atoms with van der Waals surface area (Å²) in [5.41, 5.74) is 3.63. The highest BCUT2D eigenvalue weighted by molar-refractivity contribution is 8.17. The predicted molar refractivity (Wildman–Crippen MR) is 147 cm³/mol. The van der Waals surface area contributed by atoms with E-state index in [4.69, 9.17) is 14.3 Å². The molecule has 39 heavy (non-hydrogen) atoms. The topological polar surface area (TPSA) is 110 Å². The van der Waals surface area contributed by atoms with Crippen molar-refractivity contribution in [1.29, 1.82) is 0 Å². The lowest BCUT2D eigenvalue weighted by Crippen LogP contribution is -2.61. The molecule has 4 aromatic rings. The van der Waals surface area contributed by atoms with Crippen LogP contribution in [0.1, 0.15) is 29.3 Å². The van der Waals surface area contributed by atoms with Crippen LogP contribution in [-0.2, 0) is 0 Å². The van der Waals surface area contributed by atoms with Gasteiger partial charge in [0.1, 0.15) is 17.3 Å². The molecule has 1 amide bonds. The summed E-state index contributed by atoms with van der Waals surface area (Å²) >= 11 is 1.04. The molecule has 1 aromatic heterocycles. The highest BCUT2D eigenvalue weighted by Crippen LogP contribution is 2.52. The Morgan fingerprint density at radius 1 is 1.00 bits per heavy atom. The first kappa shape index (κ1) is 23.3. The average molecular weight is 537 g/mol. The summed E-state index contributed by atoms with van der Waals surface area (Å²) in [6.07, 6.45) is 2.43. The molecule has 9 nitrogen and oxygen atoms in total. The maximum Gasteiger partial charge on any atom is 0.314 e. The van der Waals surface area contributed by atoms with Gasteiger partial charge in [-0.2, -0.15) is 5.10 Å². The first-order chi connectivity index (χ1) is 19.0. The van der Waals surface area contributed by atoms with E-state index in [0.717, 1.165) is 28.6 Å². The number of benzene rings is 3. The molecule has 1 spiro atoms. The van der Waals surface area contributed by atoms with E-state index in [9.17, 15) is 14.9 Å². The quantitative estimate of drug-likeness (QED) is 0.233. The molecule has 7 rings (SSSR count). The molecule has 192 valence electrons. The van der Waals surface area contributed by atoms with Crippen molar-refractivity contribution in [1.82, 2.24) is 10.3 Å². The number of nitro benzene ring substituents is 1. The van der Waals surface area contributed by atoms with Crippen molar-refractivity contribution < 1.29 is 18.9 Å². The van der Waals surface area contributed by atoms with Gasteiger partial charge < -0.3 is 9.15 Å². The number of non-ortho nitro benzene ring substituents is 1. The zero-order valence-corrected chi connectivity index (χ0v) is 21.1. The normalized spacial score (nSPS) is 22.3. The Morgan fingerprint density at radius 2 is 1.77 bits per heavy atom. The number of fused-ring (bicyclic) bond motifs is 4. The SMILES string of the molecule is O=C1NC2(Oc3ccccc3C3CC(c4ccccc4)=NN32)C(=Cc2ccc(-c3ccc([N+](=O)[O-])cc3)o2)S1. The summed E-state index contributed by atoms with van der Waals surface area (Å²) < 4.78 is 12.6. The molecular formula is C29H20N4O5S. The third-order valence-corrected chi connectivity index (χ3v) is 7.85. The van der Waals surface area contributed by atoms with E-state index in [2.05, 4.69) is 5.32 Å². The fourth-order valence-electron chi connectivity index (χ4n) is 5.13. The minimum atomic E-state index is -1.34. The van der Waals surface area contributed by atoms with Gasteiger partial charge in [0.15, 0.2) is 0 Å². The second-order valence-corrected chi connectivity index (χ2v) is 10.3. The largest absolute Gasteiger partial charge is 0.457 e. The smallest absolute Gasteiger partial charge is 0.314 e. The Bertz CT molecular complexity index is 1680. The third-order valence-electron chi connectivity index (χ3n) is 6.95. The molecule has 3 aromatic carbocycles. The number of nitrogens with one attached hydrogen (secondary N) is 1. The summed E-state index contributed by atoms with van der Waals surface area (Å²) in [7, 11) is 0.